The molecule has 2 aromatic rings. The molecule has 0 saturated carbocycles. The largest absolute Gasteiger partial charge is 0.495 e. The highest BCUT2D eigenvalue weighted by atomic mass is 32.2. The quantitative estimate of drug-likeness (QED) is 0.411. The van der Waals surface area contributed by atoms with Crippen LogP contribution in [0.15, 0.2) is 58.6 Å². The first kappa shape index (κ1) is 24.2. The van der Waals surface area contributed by atoms with Gasteiger partial charge in [0.15, 0.2) is 6.61 Å². The van der Waals surface area contributed by atoms with E-state index in [9.17, 15) is 18.0 Å². The minimum Gasteiger partial charge on any atom is -0.495 e. The standard InChI is InChI=1S/C21H24N4O7S/c1-30-19-8-3-2-7-18(19)24-20(26)14-22-32-15-21(27)23-16-5-4-6-17(13-16)33(28,29)25-9-11-31-12-10-25/h2-8,13-14H,9-12,15H2,1H3,(H,23,27)(H,24,26)/b22-14-. The number of nitrogens with one attached hydrogen (secondary N) is 2. The second kappa shape index (κ2) is 11.4. The number of ether oxygens (including phenoxy) is 2. The van der Waals surface area contributed by atoms with Crippen LogP contribution in [0.3, 0.4) is 0 Å². The van der Waals surface area contributed by atoms with Crippen LogP contribution in [-0.2, 0) is 29.2 Å². The van der Waals surface area contributed by atoms with Gasteiger partial charge >= 0.3 is 0 Å². The van der Waals surface area contributed by atoms with E-state index in [-0.39, 0.29) is 23.7 Å². The fraction of sp³-hybridized carbons (Fsp3) is 0.286. The van der Waals surface area contributed by atoms with Gasteiger partial charge in [-0.05, 0) is 30.3 Å². The third-order valence-corrected chi connectivity index (χ3v) is 6.43. The third-order valence-electron chi connectivity index (χ3n) is 4.53. The number of hydrogen-bond acceptors (Lipinski definition) is 8. The van der Waals surface area contributed by atoms with Gasteiger partial charge in [-0.1, -0.05) is 23.4 Å². The minimum atomic E-state index is -3.69. The number of carbonyl (C=O) groups excluding carboxylic acids is 2. The molecule has 2 N–H and O–H groups in total. The van der Waals surface area contributed by atoms with E-state index in [0.717, 1.165) is 6.21 Å². The van der Waals surface area contributed by atoms with Gasteiger partial charge in [0, 0.05) is 18.8 Å². The Balaban J connectivity index is 1.50. The highest BCUT2D eigenvalue weighted by Gasteiger charge is 2.26. The summed E-state index contributed by atoms with van der Waals surface area (Å²) in [4.78, 5) is 28.9. The van der Waals surface area contributed by atoms with Crippen molar-refractivity contribution < 1.29 is 32.3 Å². The SMILES string of the molecule is COc1ccccc1NC(=O)/C=N\OCC(=O)Nc1cccc(S(=O)(=O)N2CCOCC2)c1. The number of anilines is 2. The normalized spacial score (nSPS) is 14.6. The van der Waals surface area contributed by atoms with Gasteiger partial charge in [0.25, 0.3) is 11.8 Å². The predicted octanol–water partition coefficient (Wildman–Crippen LogP) is 1.30. The number of nitrogens with zero attached hydrogens (tertiary/aromatic N) is 2. The van der Waals surface area contributed by atoms with E-state index in [1.54, 1.807) is 30.3 Å². The van der Waals surface area contributed by atoms with Gasteiger partial charge in [-0.3, -0.25) is 9.59 Å². The molecule has 0 unspecified atom stereocenters. The molecule has 0 spiro atoms. The average Bonchev–Trinajstić information content (AvgIpc) is 2.83. The Morgan fingerprint density at radius 2 is 1.88 bits per heavy atom. The van der Waals surface area contributed by atoms with Gasteiger partial charge in [0.05, 0.1) is 30.9 Å². The van der Waals surface area contributed by atoms with Gasteiger partial charge in [-0.15, -0.1) is 0 Å². The lowest BCUT2D eigenvalue weighted by molar-refractivity contribution is -0.120. The number of sulfonamides is 1. The number of methoxy groups -OCH3 is 1. The highest BCUT2D eigenvalue weighted by molar-refractivity contribution is 7.89. The fourth-order valence-corrected chi connectivity index (χ4v) is 4.42. The summed E-state index contributed by atoms with van der Waals surface area (Å²) in [6.07, 6.45) is 0.884. The summed E-state index contributed by atoms with van der Waals surface area (Å²) >= 11 is 0. The van der Waals surface area contributed by atoms with Gasteiger partial charge in [-0.25, -0.2) is 8.42 Å². The first-order valence-electron chi connectivity index (χ1n) is 9.97. The van der Waals surface area contributed by atoms with Crippen LogP contribution in [0.1, 0.15) is 0 Å². The number of oxime groups is 1. The molecule has 3 rings (SSSR count). The molecular weight excluding hydrogens is 452 g/mol. The fourth-order valence-electron chi connectivity index (χ4n) is 2.96. The topological polar surface area (TPSA) is 136 Å². The lowest BCUT2D eigenvalue weighted by atomic mass is 10.3. The molecule has 0 atom stereocenters. The van der Waals surface area contributed by atoms with E-state index in [2.05, 4.69) is 15.8 Å². The van der Waals surface area contributed by atoms with Crippen molar-refractivity contribution in [3.05, 3.63) is 48.5 Å². The number of hydrogen-bond donors (Lipinski definition) is 2. The predicted molar refractivity (Wildman–Crippen MR) is 121 cm³/mol. The number of morpholine rings is 1. The van der Waals surface area contributed by atoms with Crippen LogP contribution in [0.4, 0.5) is 11.4 Å². The smallest absolute Gasteiger partial charge is 0.270 e. The van der Waals surface area contributed by atoms with Crippen LogP contribution in [0.2, 0.25) is 0 Å². The monoisotopic (exact) mass is 476 g/mol. The summed E-state index contributed by atoms with van der Waals surface area (Å²) in [5, 5.41) is 8.58. The minimum absolute atomic E-state index is 0.0640. The Kier molecular flexibility index (Phi) is 8.35. The van der Waals surface area contributed by atoms with E-state index in [1.807, 2.05) is 0 Å². The molecule has 2 amide bonds. The first-order chi connectivity index (χ1) is 15.9. The third kappa shape index (κ3) is 6.75. The van der Waals surface area contributed by atoms with Crippen molar-refractivity contribution in [1.29, 1.82) is 0 Å². The van der Waals surface area contributed by atoms with Crippen molar-refractivity contribution in [2.24, 2.45) is 5.16 Å². The van der Waals surface area contributed by atoms with Crippen LogP contribution < -0.4 is 15.4 Å². The Bertz CT molecular complexity index is 1120. The summed E-state index contributed by atoms with van der Waals surface area (Å²) in [5.41, 5.74) is 0.747. The van der Waals surface area contributed by atoms with E-state index < -0.39 is 28.4 Å². The van der Waals surface area contributed by atoms with E-state index in [0.29, 0.717) is 24.7 Å². The van der Waals surface area contributed by atoms with E-state index in [1.165, 1.54) is 29.6 Å². The summed E-state index contributed by atoms with van der Waals surface area (Å²) in [7, 11) is -2.21. The molecule has 11 nitrogen and oxygen atoms in total. The summed E-state index contributed by atoms with van der Waals surface area (Å²) in [6.45, 7) is 0.749. The van der Waals surface area contributed by atoms with Crippen LogP contribution in [0.5, 0.6) is 5.75 Å². The number of amides is 2. The molecule has 0 aliphatic carbocycles. The van der Waals surface area contributed by atoms with E-state index >= 15 is 0 Å². The van der Waals surface area contributed by atoms with Gasteiger partial charge < -0.3 is 24.9 Å². The number of para-hydroxylation sites is 2. The van der Waals surface area contributed by atoms with Crippen molar-refractivity contribution >= 4 is 39.4 Å². The van der Waals surface area contributed by atoms with Gasteiger partial charge in [-0.2, -0.15) is 4.31 Å². The molecule has 12 heteroatoms. The van der Waals surface area contributed by atoms with Crippen molar-refractivity contribution in [3.8, 4) is 5.75 Å². The number of rotatable bonds is 9. The maximum Gasteiger partial charge on any atom is 0.270 e. The van der Waals surface area contributed by atoms with Crippen molar-refractivity contribution in [3.63, 3.8) is 0 Å². The maximum absolute atomic E-state index is 12.7. The molecule has 2 aromatic carbocycles. The molecule has 33 heavy (non-hydrogen) atoms. The van der Waals surface area contributed by atoms with Crippen LogP contribution >= 0.6 is 0 Å². The summed E-state index contributed by atoms with van der Waals surface area (Å²) < 4.78 is 37.1. The van der Waals surface area contributed by atoms with Crippen molar-refractivity contribution in [2.45, 2.75) is 4.90 Å². The first-order valence-corrected chi connectivity index (χ1v) is 11.4. The Morgan fingerprint density at radius 3 is 2.64 bits per heavy atom. The second-order valence-corrected chi connectivity index (χ2v) is 8.73. The zero-order valence-electron chi connectivity index (χ0n) is 17.9. The van der Waals surface area contributed by atoms with Crippen LogP contribution in [0, 0.1) is 0 Å². The molecule has 1 aliphatic heterocycles. The Labute approximate surface area is 191 Å². The molecule has 0 bridgehead atoms. The summed E-state index contributed by atoms with van der Waals surface area (Å²) in [6, 6.07) is 12.8. The number of carbonyl (C=O) groups is 2. The van der Waals surface area contributed by atoms with E-state index in [4.69, 9.17) is 14.3 Å². The molecule has 1 saturated heterocycles. The van der Waals surface area contributed by atoms with Gasteiger partial charge in [0.1, 0.15) is 12.0 Å². The zero-order chi connectivity index (χ0) is 23.7. The molecule has 0 aromatic heterocycles. The highest BCUT2D eigenvalue weighted by Crippen LogP contribution is 2.23. The van der Waals surface area contributed by atoms with Crippen LogP contribution in [-0.4, -0.2) is 70.8 Å². The zero-order valence-corrected chi connectivity index (χ0v) is 18.7. The molecule has 1 heterocycles. The van der Waals surface area contributed by atoms with Crippen molar-refractivity contribution in [1.82, 2.24) is 4.31 Å². The molecule has 176 valence electrons. The lowest BCUT2D eigenvalue weighted by Crippen LogP contribution is -2.40. The Morgan fingerprint density at radius 1 is 1.12 bits per heavy atom. The molecule has 0 radical (unpaired) electrons. The van der Waals surface area contributed by atoms with Crippen molar-refractivity contribution in [2.75, 3.05) is 50.7 Å². The summed E-state index contributed by atoms with van der Waals surface area (Å²) in [5.74, 6) is -0.656. The Hall–Kier alpha value is -3.48. The number of benzene rings is 2. The van der Waals surface area contributed by atoms with Gasteiger partial charge in [0.2, 0.25) is 10.0 Å². The molecular formula is C21H24N4O7S. The second-order valence-electron chi connectivity index (χ2n) is 6.79. The molecule has 1 aliphatic rings. The maximum atomic E-state index is 12.7. The van der Waals surface area contributed by atoms with Crippen LogP contribution in [0.25, 0.3) is 0 Å². The lowest BCUT2D eigenvalue weighted by Gasteiger charge is -2.26. The molecule has 1 fully saturated rings. The average molecular weight is 477 g/mol.